The van der Waals surface area contributed by atoms with E-state index in [0.717, 1.165) is 12.8 Å². The van der Waals surface area contributed by atoms with Gasteiger partial charge in [-0.15, -0.1) is 0 Å². The van der Waals surface area contributed by atoms with Crippen LogP contribution in [-0.2, 0) is 19.6 Å². The van der Waals surface area contributed by atoms with Crippen LogP contribution in [0.2, 0.25) is 0 Å². The molecule has 1 aliphatic rings. The molecule has 3 rings (SSSR count). The molecule has 182 valence electrons. The van der Waals surface area contributed by atoms with E-state index >= 15 is 0 Å². The van der Waals surface area contributed by atoms with E-state index in [-0.39, 0.29) is 41.5 Å². The first-order valence-electron chi connectivity index (χ1n) is 11.3. The molecular formula is C24H30N4O5S. The van der Waals surface area contributed by atoms with Crippen molar-refractivity contribution in [2.24, 2.45) is 5.92 Å². The number of hydrogen-bond acceptors (Lipinski definition) is 5. The fourth-order valence-electron chi connectivity index (χ4n) is 3.66. The van der Waals surface area contributed by atoms with E-state index in [0.29, 0.717) is 30.0 Å². The average molecular weight is 487 g/mol. The number of carbonyl (C=O) groups is 3. The molecular weight excluding hydrogens is 456 g/mol. The van der Waals surface area contributed by atoms with Gasteiger partial charge in [-0.1, -0.05) is 20.3 Å². The van der Waals surface area contributed by atoms with Crippen molar-refractivity contribution < 1.29 is 22.8 Å². The smallest absolute Gasteiger partial charge is 0.255 e. The first-order chi connectivity index (χ1) is 16.2. The highest BCUT2D eigenvalue weighted by atomic mass is 32.2. The standard InChI is InChI=1S/C24H30N4O5S/c1-3-5-14-28-16-18(15-22(28)29)24(31)27-19-8-6-17(7-9-19)23(30)26-20-10-12-21(13-11-20)34(32,33)25-4-2/h6-13,18,25H,3-5,14-16H2,1-2H3,(H,26,30)(H,27,31). The Morgan fingerprint density at radius 3 is 2.21 bits per heavy atom. The maximum atomic E-state index is 12.6. The number of amides is 3. The van der Waals surface area contributed by atoms with Crippen molar-refractivity contribution >= 4 is 39.1 Å². The molecule has 1 aliphatic heterocycles. The summed E-state index contributed by atoms with van der Waals surface area (Å²) in [6.45, 7) is 5.15. The van der Waals surface area contributed by atoms with Crippen LogP contribution >= 0.6 is 0 Å². The van der Waals surface area contributed by atoms with Gasteiger partial charge in [-0.2, -0.15) is 0 Å². The van der Waals surface area contributed by atoms with E-state index in [4.69, 9.17) is 0 Å². The molecule has 34 heavy (non-hydrogen) atoms. The minimum Gasteiger partial charge on any atom is -0.342 e. The zero-order valence-corrected chi connectivity index (χ0v) is 20.2. The lowest BCUT2D eigenvalue weighted by atomic mass is 10.1. The van der Waals surface area contributed by atoms with E-state index in [9.17, 15) is 22.8 Å². The summed E-state index contributed by atoms with van der Waals surface area (Å²) in [7, 11) is -3.56. The molecule has 0 spiro atoms. The molecule has 1 saturated heterocycles. The van der Waals surface area contributed by atoms with Crippen LogP contribution in [0.25, 0.3) is 0 Å². The van der Waals surface area contributed by atoms with E-state index in [2.05, 4.69) is 22.3 Å². The summed E-state index contributed by atoms with van der Waals surface area (Å²) >= 11 is 0. The van der Waals surface area contributed by atoms with Crippen molar-refractivity contribution in [1.29, 1.82) is 0 Å². The van der Waals surface area contributed by atoms with E-state index < -0.39 is 10.0 Å². The van der Waals surface area contributed by atoms with Gasteiger partial charge in [0.2, 0.25) is 21.8 Å². The third-order valence-electron chi connectivity index (χ3n) is 5.54. The van der Waals surface area contributed by atoms with Gasteiger partial charge in [0.25, 0.3) is 5.91 Å². The third-order valence-corrected chi connectivity index (χ3v) is 7.10. The Balaban J connectivity index is 1.55. The molecule has 2 aromatic rings. The molecule has 0 bridgehead atoms. The van der Waals surface area contributed by atoms with Gasteiger partial charge in [0, 0.05) is 43.0 Å². The van der Waals surface area contributed by atoms with Gasteiger partial charge in [-0.3, -0.25) is 14.4 Å². The Morgan fingerprint density at radius 1 is 0.971 bits per heavy atom. The molecule has 0 aromatic heterocycles. The van der Waals surface area contributed by atoms with Gasteiger partial charge in [0.15, 0.2) is 0 Å². The summed E-state index contributed by atoms with van der Waals surface area (Å²) in [4.78, 5) is 39.0. The fourth-order valence-corrected chi connectivity index (χ4v) is 4.70. The summed E-state index contributed by atoms with van der Waals surface area (Å²) in [5.41, 5.74) is 1.37. The number of carbonyl (C=O) groups excluding carboxylic acids is 3. The molecule has 2 aromatic carbocycles. The highest BCUT2D eigenvalue weighted by molar-refractivity contribution is 7.89. The maximum absolute atomic E-state index is 12.6. The number of likely N-dealkylation sites (tertiary alicyclic amines) is 1. The molecule has 3 amide bonds. The first-order valence-corrected chi connectivity index (χ1v) is 12.8. The zero-order chi connectivity index (χ0) is 24.7. The molecule has 9 nitrogen and oxygen atoms in total. The Hall–Kier alpha value is -3.24. The highest BCUT2D eigenvalue weighted by Crippen LogP contribution is 2.21. The normalized spacial score (nSPS) is 15.9. The minimum absolute atomic E-state index is 0.00729. The number of nitrogens with one attached hydrogen (secondary N) is 3. The van der Waals surface area contributed by atoms with Crippen molar-refractivity contribution in [3.63, 3.8) is 0 Å². The fraction of sp³-hybridized carbons (Fsp3) is 0.375. The Bertz CT molecular complexity index is 1130. The second-order valence-corrected chi connectivity index (χ2v) is 9.91. The third kappa shape index (κ3) is 6.42. The number of anilines is 2. The van der Waals surface area contributed by atoms with Gasteiger partial charge in [0.1, 0.15) is 0 Å². The van der Waals surface area contributed by atoms with Crippen LogP contribution in [0, 0.1) is 5.92 Å². The van der Waals surface area contributed by atoms with Crippen LogP contribution in [0.1, 0.15) is 43.5 Å². The zero-order valence-electron chi connectivity index (χ0n) is 19.3. The molecule has 1 unspecified atom stereocenters. The molecule has 1 atom stereocenters. The molecule has 0 saturated carbocycles. The summed E-state index contributed by atoms with van der Waals surface area (Å²) in [6.07, 6.45) is 2.12. The van der Waals surface area contributed by atoms with Crippen molar-refractivity contribution in [1.82, 2.24) is 9.62 Å². The lowest BCUT2D eigenvalue weighted by Crippen LogP contribution is -2.29. The second-order valence-electron chi connectivity index (χ2n) is 8.14. The van der Waals surface area contributed by atoms with Gasteiger partial charge < -0.3 is 15.5 Å². The quantitative estimate of drug-likeness (QED) is 0.476. The van der Waals surface area contributed by atoms with Crippen molar-refractivity contribution in [2.75, 3.05) is 30.3 Å². The molecule has 1 heterocycles. The number of unbranched alkanes of at least 4 members (excludes halogenated alkanes) is 1. The Kier molecular flexibility index (Phi) is 8.41. The predicted molar refractivity (Wildman–Crippen MR) is 130 cm³/mol. The Morgan fingerprint density at radius 2 is 1.59 bits per heavy atom. The molecule has 1 fully saturated rings. The van der Waals surface area contributed by atoms with Crippen LogP contribution in [-0.4, -0.2) is 50.7 Å². The lowest BCUT2D eigenvalue weighted by molar-refractivity contribution is -0.128. The number of hydrogen-bond donors (Lipinski definition) is 3. The van der Waals surface area contributed by atoms with E-state index in [1.807, 2.05) is 0 Å². The number of sulfonamides is 1. The second kappa shape index (κ2) is 11.3. The minimum atomic E-state index is -3.56. The molecule has 0 aliphatic carbocycles. The number of rotatable bonds is 10. The molecule has 0 radical (unpaired) electrons. The predicted octanol–water partition coefficient (Wildman–Crippen LogP) is 2.82. The number of benzene rings is 2. The monoisotopic (exact) mass is 486 g/mol. The topological polar surface area (TPSA) is 125 Å². The van der Waals surface area contributed by atoms with Crippen LogP contribution < -0.4 is 15.4 Å². The van der Waals surface area contributed by atoms with Crippen LogP contribution in [0.3, 0.4) is 0 Å². The highest BCUT2D eigenvalue weighted by Gasteiger charge is 2.33. The maximum Gasteiger partial charge on any atom is 0.255 e. The van der Waals surface area contributed by atoms with Crippen molar-refractivity contribution in [3.05, 3.63) is 54.1 Å². The van der Waals surface area contributed by atoms with Crippen molar-refractivity contribution in [2.45, 2.75) is 38.0 Å². The molecule has 10 heteroatoms. The van der Waals surface area contributed by atoms with E-state index in [1.54, 1.807) is 36.1 Å². The van der Waals surface area contributed by atoms with Crippen molar-refractivity contribution in [3.8, 4) is 0 Å². The first kappa shape index (κ1) is 25.4. The van der Waals surface area contributed by atoms with Crippen LogP contribution in [0.4, 0.5) is 11.4 Å². The van der Waals surface area contributed by atoms with E-state index in [1.165, 1.54) is 24.3 Å². The summed E-state index contributed by atoms with van der Waals surface area (Å²) in [5, 5.41) is 5.53. The summed E-state index contributed by atoms with van der Waals surface area (Å²) in [5.74, 6) is -0.954. The molecule has 3 N–H and O–H groups in total. The summed E-state index contributed by atoms with van der Waals surface area (Å²) in [6, 6.07) is 12.3. The Labute approximate surface area is 200 Å². The van der Waals surface area contributed by atoms with Gasteiger partial charge >= 0.3 is 0 Å². The van der Waals surface area contributed by atoms with Gasteiger partial charge in [0.05, 0.1) is 10.8 Å². The van der Waals surface area contributed by atoms with Gasteiger partial charge in [-0.25, -0.2) is 13.1 Å². The summed E-state index contributed by atoms with van der Waals surface area (Å²) < 4.78 is 26.4. The van der Waals surface area contributed by atoms with Crippen LogP contribution in [0.15, 0.2) is 53.4 Å². The van der Waals surface area contributed by atoms with Gasteiger partial charge in [-0.05, 0) is 55.0 Å². The lowest BCUT2D eigenvalue weighted by Gasteiger charge is -2.16. The average Bonchev–Trinajstić information content (AvgIpc) is 3.19. The van der Waals surface area contributed by atoms with Crippen LogP contribution in [0.5, 0.6) is 0 Å². The number of nitrogens with zero attached hydrogens (tertiary/aromatic N) is 1. The SMILES string of the molecule is CCCCN1CC(C(=O)Nc2ccc(C(=O)Nc3ccc(S(=O)(=O)NCC)cc3)cc2)CC1=O. The largest absolute Gasteiger partial charge is 0.342 e.